The van der Waals surface area contributed by atoms with E-state index in [9.17, 15) is 9.90 Å². The highest BCUT2D eigenvalue weighted by Gasteiger charge is 2.29. The van der Waals surface area contributed by atoms with Gasteiger partial charge in [0, 0.05) is 6.54 Å². The number of rotatable bonds is 3. The molecule has 1 amide bonds. The summed E-state index contributed by atoms with van der Waals surface area (Å²) in [6, 6.07) is 7.16. The number of hydrogen-bond donors (Lipinski definition) is 1. The van der Waals surface area contributed by atoms with Gasteiger partial charge in [-0.25, -0.2) is 4.98 Å². The number of nitrogens with zero attached hydrogens (tertiary/aromatic N) is 2. The Morgan fingerprint density at radius 1 is 1.48 bits per heavy atom. The lowest BCUT2D eigenvalue weighted by Gasteiger charge is -2.23. The van der Waals surface area contributed by atoms with E-state index in [1.54, 1.807) is 23.3 Å². The summed E-state index contributed by atoms with van der Waals surface area (Å²) in [6.07, 6.45) is 3.40. The molecule has 3 heterocycles. The van der Waals surface area contributed by atoms with Gasteiger partial charge in [-0.1, -0.05) is 0 Å². The number of furan rings is 1. The number of aryl methyl sites for hydroxylation is 1. The smallest absolute Gasteiger partial charge is 0.256 e. The van der Waals surface area contributed by atoms with Crippen LogP contribution in [-0.4, -0.2) is 40.1 Å². The van der Waals surface area contributed by atoms with Crippen molar-refractivity contribution >= 4 is 5.91 Å². The molecule has 1 atom stereocenters. The summed E-state index contributed by atoms with van der Waals surface area (Å²) in [5, 5.41) is 9.35. The Labute approximate surface area is 123 Å². The lowest BCUT2D eigenvalue weighted by Crippen LogP contribution is -2.38. The molecule has 5 nitrogen and oxygen atoms in total. The van der Waals surface area contributed by atoms with Crippen molar-refractivity contribution < 1.29 is 14.3 Å². The van der Waals surface area contributed by atoms with Crippen molar-refractivity contribution in [2.45, 2.75) is 25.8 Å². The molecule has 0 aliphatic carbocycles. The van der Waals surface area contributed by atoms with Crippen molar-refractivity contribution in [2.75, 3.05) is 13.2 Å². The molecular weight excluding hydrogens is 268 g/mol. The number of hydrogen-bond acceptors (Lipinski definition) is 4. The molecule has 1 N–H and O–H groups in total. The fourth-order valence-corrected chi connectivity index (χ4v) is 2.80. The van der Waals surface area contributed by atoms with Crippen molar-refractivity contribution in [3.05, 3.63) is 41.8 Å². The summed E-state index contributed by atoms with van der Waals surface area (Å²) < 4.78 is 5.32. The molecule has 0 aromatic carbocycles. The predicted octanol–water partition coefficient (Wildman–Crippen LogP) is 2.25. The van der Waals surface area contributed by atoms with E-state index < -0.39 is 0 Å². The van der Waals surface area contributed by atoms with Crippen molar-refractivity contribution in [2.24, 2.45) is 0 Å². The summed E-state index contributed by atoms with van der Waals surface area (Å²) in [5.41, 5.74) is 1.98. The van der Waals surface area contributed by atoms with Crippen LogP contribution in [0.5, 0.6) is 0 Å². The molecule has 1 saturated heterocycles. The Balaban J connectivity index is 1.87. The van der Waals surface area contributed by atoms with E-state index >= 15 is 0 Å². The topological polar surface area (TPSA) is 66.6 Å². The van der Waals surface area contributed by atoms with Crippen LogP contribution in [0.1, 0.15) is 28.9 Å². The minimum absolute atomic E-state index is 0.0166. The number of carbonyl (C=O) groups excluding carboxylic acids is 1. The molecule has 1 aliphatic heterocycles. The molecule has 2 aromatic heterocycles. The van der Waals surface area contributed by atoms with Crippen LogP contribution in [0.25, 0.3) is 11.5 Å². The molecule has 1 aliphatic rings. The third-order valence-corrected chi connectivity index (χ3v) is 3.94. The molecule has 0 unspecified atom stereocenters. The van der Waals surface area contributed by atoms with E-state index in [0.29, 0.717) is 29.3 Å². The summed E-state index contributed by atoms with van der Waals surface area (Å²) in [5.74, 6) is 0.633. The average molecular weight is 286 g/mol. The molecule has 3 rings (SSSR count). The van der Waals surface area contributed by atoms with Gasteiger partial charge in [0.15, 0.2) is 5.76 Å². The lowest BCUT2D eigenvalue weighted by molar-refractivity contribution is 0.0676. The van der Waals surface area contributed by atoms with Crippen LogP contribution in [0.2, 0.25) is 0 Å². The number of aliphatic hydroxyl groups is 1. The van der Waals surface area contributed by atoms with Crippen LogP contribution in [0.15, 0.2) is 34.9 Å². The molecule has 1 fully saturated rings. The van der Waals surface area contributed by atoms with Crippen molar-refractivity contribution in [1.29, 1.82) is 0 Å². The molecule has 0 radical (unpaired) electrons. The molecule has 2 aromatic rings. The Morgan fingerprint density at radius 3 is 3.00 bits per heavy atom. The summed E-state index contributed by atoms with van der Waals surface area (Å²) in [7, 11) is 0. The van der Waals surface area contributed by atoms with Gasteiger partial charge < -0.3 is 14.4 Å². The maximum atomic E-state index is 12.6. The van der Waals surface area contributed by atoms with Gasteiger partial charge in [-0.2, -0.15) is 0 Å². The van der Waals surface area contributed by atoms with Crippen LogP contribution >= 0.6 is 0 Å². The monoisotopic (exact) mass is 286 g/mol. The largest absolute Gasteiger partial charge is 0.463 e. The van der Waals surface area contributed by atoms with Crippen molar-refractivity contribution in [1.82, 2.24) is 9.88 Å². The van der Waals surface area contributed by atoms with Gasteiger partial charge in [-0.05, 0) is 44.0 Å². The Kier molecular flexibility index (Phi) is 3.75. The van der Waals surface area contributed by atoms with E-state index in [2.05, 4.69) is 4.98 Å². The highest BCUT2D eigenvalue weighted by Crippen LogP contribution is 2.23. The number of pyridine rings is 1. The van der Waals surface area contributed by atoms with Crippen molar-refractivity contribution in [3.8, 4) is 11.5 Å². The number of aliphatic hydroxyl groups excluding tert-OH is 1. The van der Waals surface area contributed by atoms with Crippen LogP contribution < -0.4 is 0 Å². The van der Waals surface area contributed by atoms with Crippen molar-refractivity contribution in [3.63, 3.8) is 0 Å². The molecule has 0 spiro atoms. The average Bonchev–Trinajstić information content (AvgIpc) is 3.17. The van der Waals surface area contributed by atoms with Gasteiger partial charge >= 0.3 is 0 Å². The summed E-state index contributed by atoms with van der Waals surface area (Å²) in [6.45, 7) is 2.54. The highest BCUT2D eigenvalue weighted by atomic mass is 16.3. The van der Waals surface area contributed by atoms with Crippen LogP contribution in [0, 0.1) is 6.92 Å². The zero-order valence-corrected chi connectivity index (χ0v) is 12.0. The summed E-state index contributed by atoms with van der Waals surface area (Å²) >= 11 is 0. The van der Waals surface area contributed by atoms with Gasteiger partial charge in [0.2, 0.25) is 0 Å². The van der Waals surface area contributed by atoms with Gasteiger partial charge in [0.1, 0.15) is 5.69 Å². The van der Waals surface area contributed by atoms with Gasteiger partial charge in [0.25, 0.3) is 5.91 Å². The molecule has 0 bridgehead atoms. The fourth-order valence-electron chi connectivity index (χ4n) is 2.80. The van der Waals surface area contributed by atoms with E-state index in [1.165, 1.54) is 0 Å². The van der Waals surface area contributed by atoms with Gasteiger partial charge in [-0.3, -0.25) is 4.79 Å². The SMILES string of the molecule is Cc1nc(-c2ccco2)ccc1C(=O)N1CCC[C@@H]1CO. The zero-order chi connectivity index (χ0) is 14.8. The molecule has 21 heavy (non-hydrogen) atoms. The third-order valence-electron chi connectivity index (χ3n) is 3.94. The first-order chi connectivity index (χ1) is 10.2. The Bertz CT molecular complexity index is 637. The number of carbonyl (C=O) groups is 1. The van der Waals surface area contributed by atoms with E-state index in [4.69, 9.17) is 4.42 Å². The summed E-state index contributed by atoms with van der Waals surface area (Å²) in [4.78, 5) is 18.8. The van der Waals surface area contributed by atoms with Crippen LogP contribution in [-0.2, 0) is 0 Å². The van der Waals surface area contributed by atoms with E-state index in [1.807, 2.05) is 19.1 Å². The quantitative estimate of drug-likeness (QED) is 0.939. The highest BCUT2D eigenvalue weighted by molar-refractivity contribution is 5.95. The first-order valence-electron chi connectivity index (χ1n) is 7.14. The Hall–Kier alpha value is -2.14. The normalized spacial score (nSPS) is 18.2. The second-order valence-electron chi connectivity index (χ2n) is 5.28. The maximum Gasteiger partial charge on any atom is 0.256 e. The Morgan fingerprint density at radius 2 is 2.33 bits per heavy atom. The maximum absolute atomic E-state index is 12.6. The van der Waals surface area contributed by atoms with E-state index in [-0.39, 0.29) is 18.6 Å². The number of likely N-dealkylation sites (tertiary alicyclic amines) is 1. The van der Waals surface area contributed by atoms with Gasteiger partial charge in [-0.15, -0.1) is 0 Å². The predicted molar refractivity (Wildman–Crippen MR) is 77.8 cm³/mol. The van der Waals surface area contributed by atoms with Gasteiger partial charge in [0.05, 0.1) is 30.2 Å². The minimum atomic E-state index is -0.0679. The van der Waals surface area contributed by atoms with Crippen LogP contribution in [0.3, 0.4) is 0 Å². The van der Waals surface area contributed by atoms with Crippen LogP contribution in [0.4, 0.5) is 0 Å². The number of amides is 1. The molecule has 5 heteroatoms. The molecule has 0 saturated carbocycles. The zero-order valence-electron chi connectivity index (χ0n) is 12.0. The molecular formula is C16H18N2O3. The molecule has 110 valence electrons. The first-order valence-corrected chi connectivity index (χ1v) is 7.14. The second-order valence-corrected chi connectivity index (χ2v) is 5.28. The number of aromatic nitrogens is 1. The minimum Gasteiger partial charge on any atom is -0.463 e. The van der Waals surface area contributed by atoms with E-state index in [0.717, 1.165) is 12.8 Å². The lowest BCUT2D eigenvalue weighted by atomic mass is 10.1. The standard InChI is InChI=1S/C16H18N2O3/c1-11-13(16(20)18-8-2-4-12(18)10-19)6-7-14(17-11)15-5-3-9-21-15/h3,5-7,9,12,19H,2,4,8,10H2,1H3/t12-/m1/s1. The second kappa shape index (κ2) is 5.69. The third kappa shape index (κ3) is 2.56. The fraction of sp³-hybridized carbons (Fsp3) is 0.375. The first kappa shape index (κ1) is 13.8.